The highest BCUT2D eigenvalue weighted by Gasteiger charge is 2.25. The Morgan fingerprint density at radius 1 is 0.451 bits per heavy atom. The van der Waals surface area contributed by atoms with Crippen LogP contribution in [-0.2, 0) is 0 Å². The smallest absolute Gasteiger partial charge is 0.139 e. The van der Waals surface area contributed by atoms with Gasteiger partial charge in [0.2, 0.25) is 0 Å². The summed E-state index contributed by atoms with van der Waals surface area (Å²) in [4.78, 5) is 7.62. The summed E-state index contributed by atoms with van der Waals surface area (Å²) in [5.41, 5.74) is 11.7. The third kappa shape index (κ3) is 5.16. The van der Waals surface area contributed by atoms with Crippen molar-refractivity contribution in [2.75, 3.05) is 4.90 Å². The Morgan fingerprint density at radius 3 is 1.84 bits per heavy atom. The molecule has 0 radical (unpaired) electrons. The van der Waals surface area contributed by atoms with Crippen molar-refractivity contribution in [2.24, 2.45) is 0 Å². The van der Waals surface area contributed by atoms with Gasteiger partial charge in [0.25, 0.3) is 0 Å². The summed E-state index contributed by atoms with van der Waals surface area (Å²) in [6.45, 7) is 0. The second-order valence-corrected chi connectivity index (χ2v) is 13.8. The van der Waals surface area contributed by atoms with Crippen LogP contribution < -0.4 is 4.90 Å². The molecule has 0 spiro atoms. The molecule has 240 valence electrons. The van der Waals surface area contributed by atoms with Crippen molar-refractivity contribution in [1.29, 1.82) is 0 Å². The quantitative estimate of drug-likeness (QED) is 0.176. The van der Waals surface area contributed by atoms with E-state index < -0.39 is 0 Å². The molecule has 3 nitrogen and oxygen atoms in total. The van der Waals surface area contributed by atoms with Crippen LogP contribution in [0.25, 0.3) is 75.8 Å². The summed E-state index contributed by atoms with van der Waals surface area (Å²) in [6, 6.07) is 64.4. The van der Waals surface area contributed by atoms with Gasteiger partial charge in [0.05, 0.1) is 21.3 Å². The van der Waals surface area contributed by atoms with Crippen LogP contribution in [0.4, 0.5) is 17.1 Å². The minimum Gasteiger partial charge on any atom is -0.456 e. The third-order valence-electron chi connectivity index (χ3n) is 9.68. The van der Waals surface area contributed by atoms with Crippen molar-refractivity contribution in [3.8, 4) is 32.8 Å². The fraction of sp³-hybridized carbons (Fsp3) is 0. The minimum absolute atomic E-state index is 0.823. The fourth-order valence-electron chi connectivity index (χ4n) is 7.18. The number of rotatable bonds is 6. The molecule has 2 heterocycles. The van der Waals surface area contributed by atoms with Crippen molar-refractivity contribution in [1.82, 2.24) is 4.98 Å². The molecule has 0 N–H and O–H groups in total. The summed E-state index contributed by atoms with van der Waals surface area (Å²) in [5, 5.41) is 5.62. The molecule has 0 amide bonds. The minimum atomic E-state index is 0.823. The van der Waals surface area contributed by atoms with Crippen LogP contribution in [0.15, 0.2) is 186 Å². The molecule has 0 bridgehead atoms. The van der Waals surface area contributed by atoms with Crippen LogP contribution >= 0.6 is 11.3 Å². The van der Waals surface area contributed by atoms with Crippen molar-refractivity contribution in [3.63, 3.8) is 0 Å². The Labute approximate surface area is 299 Å². The summed E-state index contributed by atoms with van der Waals surface area (Å²) < 4.78 is 7.66. The molecule has 0 atom stereocenters. The molecule has 0 aliphatic heterocycles. The van der Waals surface area contributed by atoms with Crippen LogP contribution in [0.5, 0.6) is 0 Å². The average Bonchev–Trinajstić information content (AvgIpc) is 3.80. The summed E-state index contributed by atoms with van der Waals surface area (Å²) in [5.74, 6) is 0. The highest BCUT2D eigenvalue weighted by atomic mass is 32.1. The molecule has 2 aromatic heterocycles. The second kappa shape index (κ2) is 12.1. The van der Waals surface area contributed by atoms with Crippen molar-refractivity contribution in [2.45, 2.75) is 0 Å². The summed E-state index contributed by atoms with van der Waals surface area (Å²) >= 11 is 1.73. The fourth-order valence-corrected chi connectivity index (χ4v) is 8.27. The van der Waals surface area contributed by atoms with Gasteiger partial charge in [0.15, 0.2) is 0 Å². The first-order valence-electron chi connectivity index (χ1n) is 17.1. The maximum Gasteiger partial charge on any atom is 0.139 e. The number of hydrogen-bond donors (Lipinski definition) is 0. The number of hydrogen-bond acceptors (Lipinski definition) is 4. The molecule has 0 fully saturated rings. The first-order valence-corrected chi connectivity index (χ1v) is 17.9. The summed E-state index contributed by atoms with van der Waals surface area (Å²) in [6.07, 6.45) is 0. The van der Waals surface area contributed by atoms with E-state index in [2.05, 4.69) is 169 Å². The van der Waals surface area contributed by atoms with Gasteiger partial charge in [-0.2, -0.15) is 0 Å². The predicted octanol–water partition coefficient (Wildman–Crippen LogP) is 13.8. The molecule has 8 aromatic carbocycles. The van der Waals surface area contributed by atoms with Crippen LogP contribution in [0.1, 0.15) is 0 Å². The van der Waals surface area contributed by atoms with E-state index in [1.165, 1.54) is 33.0 Å². The number of thiazole rings is 1. The first-order chi connectivity index (χ1) is 25.3. The van der Waals surface area contributed by atoms with Crippen LogP contribution in [-0.4, -0.2) is 4.98 Å². The standard InChI is InChI=1S/C47H30N2OS/c1-3-11-31(12-4-1)33-19-22-35(23-20-33)47-48-41-30-43-44(40-17-9-10-18-42(40)50-43)45(46(41)51-47)49(38-15-5-2-6-16-38)39-27-25-34(26-28-39)37-24-21-32-13-7-8-14-36(32)29-37/h1-30H. The van der Waals surface area contributed by atoms with Gasteiger partial charge >= 0.3 is 0 Å². The highest BCUT2D eigenvalue weighted by molar-refractivity contribution is 7.22. The number of anilines is 3. The highest BCUT2D eigenvalue weighted by Crippen LogP contribution is 2.49. The Morgan fingerprint density at radius 2 is 1.04 bits per heavy atom. The monoisotopic (exact) mass is 670 g/mol. The third-order valence-corrected chi connectivity index (χ3v) is 10.8. The molecule has 4 heteroatoms. The van der Waals surface area contributed by atoms with E-state index in [0.717, 1.165) is 59.8 Å². The maximum atomic E-state index is 6.55. The normalized spacial score (nSPS) is 11.5. The first kappa shape index (κ1) is 29.4. The van der Waals surface area contributed by atoms with Crippen LogP contribution in [0.2, 0.25) is 0 Å². The van der Waals surface area contributed by atoms with E-state index in [9.17, 15) is 0 Å². The van der Waals surface area contributed by atoms with Gasteiger partial charge in [-0.1, -0.05) is 140 Å². The molecule has 0 saturated heterocycles. The molecular formula is C47H30N2OS. The number of aromatic nitrogens is 1. The predicted molar refractivity (Wildman–Crippen MR) is 215 cm³/mol. The lowest BCUT2D eigenvalue weighted by atomic mass is 10.0. The van der Waals surface area contributed by atoms with Gasteiger partial charge in [-0.05, 0) is 69.4 Å². The van der Waals surface area contributed by atoms with Gasteiger partial charge in [-0.3, -0.25) is 0 Å². The van der Waals surface area contributed by atoms with E-state index in [0.29, 0.717) is 0 Å². The number of fused-ring (bicyclic) bond motifs is 5. The van der Waals surface area contributed by atoms with Crippen molar-refractivity contribution < 1.29 is 4.42 Å². The van der Waals surface area contributed by atoms with Gasteiger partial charge in [-0.15, -0.1) is 11.3 Å². The van der Waals surface area contributed by atoms with E-state index in [4.69, 9.17) is 9.40 Å². The molecule has 0 aliphatic rings. The number of benzene rings is 8. The Balaban J connectivity index is 1.17. The van der Waals surface area contributed by atoms with Crippen LogP contribution in [0, 0.1) is 0 Å². The van der Waals surface area contributed by atoms with E-state index in [1.54, 1.807) is 11.3 Å². The van der Waals surface area contributed by atoms with Gasteiger partial charge < -0.3 is 9.32 Å². The Hall–Kier alpha value is -6.49. The molecular weight excluding hydrogens is 641 g/mol. The number of nitrogens with zero attached hydrogens (tertiary/aromatic N) is 2. The summed E-state index contributed by atoms with van der Waals surface area (Å²) in [7, 11) is 0. The molecule has 51 heavy (non-hydrogen) atoms. The topological polar surface area (TPSA) is 29.3 Å². The lowest BCUT2D eigenvalue weighted by molar-refractivity contribution is 0.669. The zero-order chi connectivity index (χ0) is 33.7. The maximum absolute atomic E-state index is 6.55. The van der Waals surface area contributed by atoms with E-state index in [1.807, 2.05) is 18.2 Å². The zero-order valence-corrected chi connectivity index (χ0v) is 28.3. The molecule has 0 aliphatic carbocycles. The van der Waals surface area contributed by atoms with Gasteiger partial charge in [-0.25, -0.2) is 4.98 Å². The van der Waals surface area contributed by atoms with Crippen molar-refractivity contribution >= 4 is 71.3 Å². The lowest BCUT2D eigenvalue weighted by Gasteiger charge is -2.27. The lowest BCUT2D eigenvalue weighted by Crippen LogP contribution is -2.10. The largest absolute Gasteiger partial charge is 0.456 e. The molecule has 10 aromatic rings. The molecule has 0 saturated carbocycles. The van der Waals surface area contributed by atoms with Gasteiger partial charge in [0, 0.05) is 28.4 Å². The molecule has 0 unspecified atom stereocenters. The van der Waals surface area contributed by atoms with Crippen LogP contribution in [0.3, 0.4) is 0 Å². The number of furan rings is 1. The van der Waals surface area contributed by atoms with E-state index >= 15 is 0 Å². The SMILES string of the molecule is c1ccc(-c2ccc(-c3nc4cc5oc6ccccc6c5c(N(c5ccccc5)c5ccc(-c6ccc7ccccc7c6)cc5)c4s3)cc2)cc1. The number of para-hydroxylation sites is 2. The van der Waals surface area contributed by atoms with Gasteiger partial charge in [0.1, 0.15) is 16.2 Å². The Kier molecular flexibility index (Phi) is 7.00. The zero-order valence-electron chi connectivity index (χ0n) is 27.5. The average molecular weight is 671 g/mol. The van der Waals surface area contributed by atoms with Crippen molar-refractivity contribution in [3.05, 3.63) is 182 Å². The molecule has 10 rings (SSSR count). The van der Waals surface area contributed by atoms with E-state index in [-0.39, 0.29) is 0 Å². The Bertz CT molecular complexity index is 2840. The second-order valence-electron chi connectivity index (χ2n) is 12.8.